The molecule has 6 heteroatoms. The molecular formula is C23H15BrClFO3. The second kappa shape index (κ2) is 8.01. The highest BCUT2D eigenvalue weighted by Crippen LogP contribution is 2.38. The maximum Gasteiger partial charge on any atom is 0.232 e. The number of rotatable bonds is 4. The molecule has 0 N–H and O–H groups in total. The molecule has 0 saturated heterocycles. The summed E-state index contributed by atoms with van der Waals surface area (Å²) in [7, 11) is 0. The Morgan fingerprint density at radius 3 is 2.62 bits per heavy atom. The Labute approximate surface area is 180 Å². The van der Waals surface area contributed by atoms with E-state index >= 15 is 0 Å². The van der Waals surface area contributed by atoms with E-state index < -0.39 is 5.82 Å². The summed E-state index contributed by atoms with van der Waals surface area (Å²) in [6, 6.07) is 15.2. The molecule has 0 unspecified atom stereocenters. The molecule has 3 nitrogen and oxygen atoms in total. The average Bonchev–Trinajstić information content (AvgIpc) is 2.99. The Bertz CT molecular complexity index is 1140. The Morgan fingerprint density at radius 2 is 1.90 bits per heavy atom. The highest BCUT2D eigenvalue weighted by atomic mass is 79.9. The van der Waals surface area contributed by atoms with Gasteiger partial charge >= 0.3 is 0 Å². The lowest BCUT2D eigenvalue weighted by Crippen LogP contribution is -2.00. The van der Waals surface area contributed by atoms with E-state index in [4.69, 9.17) is 21.1 Å². The lowest BCUT2D eigenvalue weighted by Gasteiger charge is -2.10. The number of carbonyl (C=O) groups is 1. The first-order valence-electron chi connectivity index (χ1n) is 8.82. The van der Waals surface area contributed by atoms with Crippen LogP contribution >= 0.6 is 27.5 Å². The van der Waals surface area contributed by atoms with Crippen LogP contribution in [0.1, 0.15) is 27.0 Å². The fourth-order valence-corrected chi connectivity index (χ4v) is 3.56. The first kappa shape index (κ1) is 19.7. The van der Waals surface area contributed by atoms with Crippen molar-refractivity contribution < 1.29 is 18.7 Å². The van der Waals surface area contributed by atoms with E-state index in [9.17, 15) is 9.18 Å². The normalized spacial score (nSPS) is 14.1. The molecule has 0 bridgehead atoms. The maximum atomic E-state index is 13.2. The van der Waals surface area contributed by atoms with Gasteiger partial charge in [-0.05, 0) is 54.5 Å². The standard InChI is InChI=1S/C23H15BrClFO3/c1-13-8-18(28-12-15-4-7-17(26)10-19(15)25)11-20-22(13)23(27)21(29-20)9-14-2-5-16(24)6-3-14/h2-11H,12H2,1H3/b21-9-. The van der Waals surface area contributed by atoms with E-state index in [2.05, 4.69) is 15.9 Å². The Hall–Kier alpha value is -2.63. The molecule has 146 valence electrons. The fourth-order valence-electron chi connectivity index (χ4n) is 3.07. The summed E-state index contributed by atoms with van der Waals surface area (Å²) in [6.45, 7) is 2.01. The van der Waals surface area contributed by atoms with Gasteiger partial charge in [-0.25, -0.2) is 4.39 Å². The number of Topliss-reactive ketones (excluding diaryl/α,β-unsaturated/α-hetero) is 1. The summed E-state index contributed by atoms with van der Waals surface area (Å²) in [5, 5.41) is 0.300. The quantitative estimate of drug-likeness (QED) is 0.393. The molecule has 0 amide bonds. The molecule has 3 aromatic carbocycles. The third kappa shape index (κ3) is 4.21. The van der Waals surface area contributed by atoms with Crippen LogP contribution in [0.25, 0.3) is 6.08 Å². The van der Waals surface area contributed by atoms with Gasteiger partial charge in [0.25, 0.3) is 0 Å². The monoisotopic (exact) mass is 472 g/mol. The predicted octanol–water partition coefficient (Wildman–Crippen LogP) is 6.75. The first-order chi connectivity index (χ1) is 13.9. The molecule has 0 aromatic heterocycles. The van der Waals surface area contributed by atoms with Crippen molar-refractivity contribution in [2.45, 2.75) is 13.5 Å². The molecule has 1 heterocycles. The smallest absolute Gasteiger partial charge is 0.232 e. The summed E-state index contributed by atoms with van der Waals surface area (Å²) in [4.78, 5) is 12.8. The van der Waals surface area contributed by atoms with Crippen LogP contribution in [0.15, 0.2) is 64.8 Å². The van der Waals surface area contributed by atoms with Crippen LogP contribution < -0.4 is 9.47 Å². The van der Waals surface area contributed by atoms with Gasteiger partial charge in [0.2, 0.25) is 5.78 Å². The molecule has 1 aliphatic heterocycles. The zero-order valence-electron chi connectivity index (χ0n) is 15.3. The number of benzene rings is 3. The Balaban J connectivity index is 1.56. The number of allylic oxidation sites excluding steroid dienone is 1. The van der Waals surface area contributed by atoms with Crippen LogP contribution in [0, 0.1) is 12.7 Å². The molecule has 0 saturated carbocycles. The minimum Gasteiger partial charge on any atom is -0.489 e. The lowest BCUT2D eigenvalue weighted by atomic mass is 10.0. The van der Waals surface area contributed by atoms with Crippen molar-refractivity contribution in [3.8, 4) is 11.5 Å². The van der Waals surface area contributed by atoms with E-state index in [0.29, 0.717) is 27.6 Å². The lowest BCUT2D eigenvalue weighted by molar-refractivity contribution is 0.101. The van der Waals surface area contributed by atoms with Crippen LogP contribution in [-0.4, -0.2) is 5.78 Å². The van der Waals surface area contributed by atoms with Gasteiger partial charge in [-0.2, -0.15) is 0 Å². The van der Waals surface area contributed by atoms with Gasteiger partial charge in [0.05, 0.1) is 10.6 Å². The van der Waals surface area contributed by atoms with E-state index in [-0.39, 0.29) is 18.1 Å². The first-order valence-corrected chi connectivity index (χ1v) is 9.99. The van der Waals surface area contributed by atoms with Crippen molar-refractivity contribution in [1.82, 2.24) is 0 Å². The zero-order chi connectivity index (χ0) is 20.5. The maximum absolute atomic E-state index is 13.2. The molecular weight excluding hydrogens is 459 g/mol. The summed E-state index contributed by atoms with van der Waals surface area (Å²) in [6.07, 6.45) is 1.72. The number of fused-ring (bicyclic) bond motifs is 1. The molecule has 0 aliphatic carbocycles. The largest absolute Gasteiger partial charge is 0.489 e. The SMILES string of the molecule is Cc1cc(OCc2ccc(F)cc2Cl)cc2c1C(=O)/C(=C/c1ccc(Br)cc1)O2. The van der Waals surface area contributed by atoms with E-state index in [0.717, 1.165) is 15.6 Å². The van der Waals surface area contributed by atoms with Gasteiger partial charge in [-0.15, -0.1) is 0 Å². The molecule has 3 aromatic rings. The van der Waals surface area contributed by atoms with Crippen molar-refractivity contribution in [3.05, 3.63) is 97.9 Å². The Kier molecular flexibility index (Phi) is 5.43. The van der Waals surface area contributed by atoms with Crippen molar-refractivity contribution in [3.63, 3.8) is 0 Å². The van der Waals surface area contributed by atoms with Gasteiger partial charge in [-0.3, -0.25) is 4.79 Å². The number of aryl methyl sites for hydroxylation is 1. The second-order valence-corrected chi connectivity index (χ2v) is 7.95. The van der Waals surface area contributed by atoms with Gasteiger partial charge in [-0.1, -0.05) is 45.7 Å². The molecule has 4 rings (SSSR count). The van der Waals surface area contributed by atoms with Gasteiger partial charge in [0.1, 0.15) is 23.9 Å². The fraction of sp³-hybridized carbons (Fsp3) is 0.0870. The number of carbonyl (C=O) groups excluding carboxylic acids is 1. The molecule has 1 aliphatic rings. The number of hydrogen-bond acceptors (Lipinski definition) is 3. The van der Waals surface area contributed by atoms with Crippen molar-refractivity contribution >= 4 is 39.4 Å². The molecule has 0 spiro atoms. The van der Waals surface area contributed by atoms with Crippen LogP contribution in [-0.2, 0) is 6.61 Å². The van der Waals surface area contributed by atoms with Gasteiger partial charge < -0.3 is 9.47 Å². The number of ketones is 1. The summed E-state index contributed by atoms with van der Waals surface area (Å²) in [5.41, 5.74) is 2.82. The zero-order valence-corrected chi connectivity index (χ0v) is 17.7. The molecule has 0 radical (unpaired) electrons. The number of halogens is 3. The molecule has 0 fully saturated rings. The predicted molar refractivity (Wildman–Crippen MR) is 114 cm³/mol. The summed E-state index contributed by atoms with van der Waals surface area (Å²) >= 11 is 9.44. The van der Waals surface area contributed by atoms with Crippen LogP contribution in [0.2, 0.25) is 5.02 Å². The number of hydrogen-bond donors (Lipinski definition) is 0. The average molecular weight is 474 g/mol. The minimum atomic E-state index is -0.399. The van der Waals surface area contributed by atoms with Crippen LogP contribution in [0.5, 0.6) is 11.5 Å². The third-order valence-electron chi connectivity index (χ3n) is 4.52. The highest BCUT2D eigenvalue weighted by Gasteiger charge is 2.30. The topological polar surface area (TPSA) is 35.5 Å². The van der Waals surface area contributed by atoms with E-state index in [1.807, 2.05) is 31.2 Å². The van der Waals surface area contributed by atoms with Crippen molar-refractivity contribution in [2.24, 2.45) is 0 Å². The van der Waals surface area contributed by atoms with Crippen LogP contribution in [0.4, 0.5) is 4.39 Å². The second-order valence-electron chi connectivity index (χ2n) is 6.63. The Morgan fingerprint density at radius 1 is 1.14 bits per heavy atom. The van der Waals surface area contributed by atoms with Gasteiger partial charge in [0.15, 0.2) is 5.76 Å². The van der Waals surface area contributed by atoms with Crippen molar-refractivity contribution in [1.29, 1.82) is 0 Å². The minimum absolute atomic E-state index is 0.159. The van der Waals surface area contributed by atoms with Crippen molar-refractivity contribution in [2.75, 3.05) is 0 Å². The van der Waals surface area contributed by atoms with Gasteiger partial charge in [0, 0.05) is 16.1 Å². The summed E-state index contributed by atoms with van der Waals surface area (Å²) in [5.74, 6) is 0.708. The summed E-state index contributed by atoms with van der Waals surface area (Å²) < 4.78 is 25.7. The van der Waals surface area contributed by atoms with Crippen LogP contribution in [0.3, 0.4) is 0 Å². The molecule has 29 heavy (non-hydrogen) atoms. The highest BCUT2D eigenvalue weighted by molar-refractivity contribution is 9.10. The van der Waals surface area contributed by atoms with E-state index in [1.54, 1.807) is 24.3 Å². The van der Waals surface area contributed by atoms with E-state index in [1.165, 1.54) is 12.1 Å². The third-order valence-corrected chi connectivity index (χ3v) is 5.40. The number of ether oxygens (including phenoxy) is 2. The molecule has 0 atom stereocenters.